The number of amides is 1. The second-order valence-electron chi connectivity index (χ2n) is 1.75. The Balaban J connectivity index is 4.30. The molecule has 3 N–H and O–H groups in total. The topological polar surface area (TPSA) is 55.1 Å². The summed E-state index contributed by atoms with van der Waals surface area (Å²) in [5.74, 6) is -0.216. The van der Waals surface area contributed by atoms with Gasteiger partial charge in [-0.25, -0.2) is 0 Å². The minimum absolute atomic E-state index is 0.216. The zero-order valence-electron chi connectivity index (χ0n) is 6.39. The van der Waals surface area contributed by atoms with Crippen LogP contribution in [0.4, 0.5) is 0 Å². The van der Waals surface area contributed by atoms with Gasteiger partial charge in [-0.1, -0.05) is 0 Å². The Kier molecular flexibility index (Phi) is 3.95. The van der Waals surface area contributed by atoms with Crippen molar-refractivity contribution in [2.75, 3.05) is 13.3 Å². The lowest BCUT2D eigenvalue weighted by atomic mass is 10.4. The molecule has 0 spiro atoms. The number of rotatable bonds is 2. The quantitative estimate of drug-likeness (QED) is 0.571. The molecule has 3 nitrogen and oxygen atoms in total. The Morgan fingerprint density at radius 3 is 2.40 bits per heavy atom. The Labute approximate surface area is 65.0 Å². The van der Waals surface area contributed by atoms with Crippen LogP contribution in [0.25, 0.3) is 0 Å². The number of thioether (sulfide) groups is 1. The fourth-order valence-electron chi connectivity index (χ4n) is 0.405. The molecule has 0 fully saturated rings. The Hall–Kier alpha value is -0.640. The second kappa shape index (κ2) is 4.22. The van der Waals surface area contributed by atoms with E-state index in [0.717, 1.165) is 4.91 Å². The van der Waals surface area contributed by atoms with Crippen molar-refractivity contribution in [2.45, 2.75) is 6.92 Å². The number of nitrogens with one attached hydrogen (secondary N) is 1. The number of hydrogen-bond acceptors (Lipinski definition) is 3. The van der Waals surface area contributed by atoms with E-state index in [2.05, 4.69) is 5.32 Å². The van der Waals surface area contributed by atoms with Gasteiger partial charge in [-0.15, -0.1) is 11.8 Å². The van der Waals surface area contributed by atoms with Crippen LogP contribution in [-0.2, 0) is 4.79 Å². The van der Waals surface area contributed by atoms with Gasteiger partial charge in [0.2, 0.25) is 0 Å². The summed E-state index contributed by atoms with van der Waals surface area (Å²) in [6.45, 7) is 1.81. The summed E-state index contributed by atoms with van der Waals surface area (Å²) in [4.78, 5) is 11.7. The van der Waals surface area contributed by atoms with Gasteiger partial charge in [0.25, 0.3) is 5.91 Å². The van der Waals surface area contributed by atoms with E-state index in [1.807, 2.05) is 13.2 Å². The van der Waals surface area contributed by atoms with Gasteiger partial charge >= 0.3 is 0 Å². The molecule has 0 bridgehead atoms. The highest BCUT2D eigenvalue weighted by Crippen LogP contribution is 2.11. The number of likely N-dealkylation sites (N-methyl/N-ethyl adjacent to an activating group) is 1. The SMILES string of the molecule is CNC(=O)C(N)=C(C)SC. The molecule has 0 atom stereocenters. The molecule has 0 heterocycles. The van der Waals surface area contributed by atoms with Crippen LogP contribution in [0.2, 0.25) is 0 Å². The first-order chi connectivity index (χ1) is 4.63. The minimum Gasteiger partial charge on any atom is -0.394 e. The number of hydrogen-bond donors (Lipinski definition) is 2. The smallest absolute Gasteiger partial charge is 0.267 e. The summed E-state index contributed by atoms with van der Waals surface area (Å²) < 4.78 is 0. The van der Waals surface area contributed by atoms with E-state index in [4.69, 9.17) is 5.73 Å². The average Bonchev–Trinajstić information content (AvgIpc) is 2.00. The Morgan fingerprint density at radius 2 is 2.10 bits per heavy atom. The maximum absolute atomic E-state index is 10.8. The summed E-state index contributed by atoms with van der Waals surface area (Å²) in [5.41, 5.74) is 5.73. The molecule has 10 heavy (non-hydrogen) atoms. The van der Waals surface area contributed by atoms with Crippen LogP contribution in [0.5, 0.6) is 0 Å². The normalized spacial score (nSPS) is 12.3. The highest BCUT2D eigenvalue weighted by atomic mass is 32.2. The molecule has 0 unspecified atom stereocenters. The average molecular weight is 160 g/mol. The van der Waals surface area contributed by atoms with Gasteiger partial charge in [0.05, 0.1) is 0 Å². The van der Waals surface area contributed by atoms with Gasteiger partial charge in [0, 0.05) is 12.0 Å². The first-order valence-corrected chi connectivity index (χ1v) is 4.08. The van der Waals surface area contributed by atoms with E-state index < -0.39 is 0 Å². The molecule has 0 aromatic carbocycles. The Morgan fingerprint density at radius 1 is 1.60 bits per heavy atom. The first kappa shape index (κ1) is 9.36. The van der Waals surface area contributed by atoms with Crippen LogP contribution in [0.3, 0.4) is 0 Å². The highest BCUT2D eigenvalue weighted by Gasteiger charge is 2.04. The molecular weight excluding hydrogens is 148 g/mol. The maximum atomic E-state index is 10.8. The molecule has 0 rings (SSSR count). The van der Waals surface area contributed by atoms with Crippen molar-refractivity contribution >= 4 is 17.7 Å². The van der Waals surface area contributed by atoms with Gasteiger partial charge in [-0.05, 0) is 13.2 Å². The predicted molar refractivity (Wildman–Crippen MR) is 44.5 cm³/mol. The Bertz CT molecular complexity index is 165. The fourth-order valence-corrected chi connectivity index (χ4v) is 0.717. The summed E-state index contributed by atoms with van der Waals surface area (Å²) in [6, 6.07) is 0. The van der Waals surface area contributed by atoms with Gasteiger partial charge in [0.15, 0.2) is 0 Å². The van der Waals surface area contributed by atoms with Gasteiger partial charge in [-0.3, -0.25) is 4.79 Å². The maximum Gasteiger partial charge on any atom is 0.267 e. The number of carbonyl (C=O) groups excluding carboxylic acids is 1. The van der Waals surface area contributed by atoms with E-state index >= 15 is 0 Å². The molecule has 0 saturated heterocycles. The third-order valence-electron chi connectivity index (χ3n) is 1.16. The molecule has 0 aliphatic rings. The van der Waals surface area contributed by atoms with Crippen LogP contribution in [0, 0.1) is 0 Å². The zero-order valence-corrected chi connectivity index (χ0v) is 7.21. The van der Waals surface area contributed by atoms with Crippen molar-refractivity contribution in [2.24, 2.45) is 5.73 Å². The summed E-state index contributed by atoms with van der Waals surface area (Å²) in [6.07, 6.45) is 1.88. The minimum atomic E-state index is -0.216. The molecule has 58 valence electrons. The molecule has 0 aliphatic carbocycles. The van der Waals surface area contributed by atoms with Crippen LogP contribution in [0.1, 0.15) is 6.92 Å². The van der Waals surface area contributed by atoms with Crippen molar-refractivity contribution in [3.05, 3.63) is 10.6 Å². The lowest BCUT2D eigenvalue weighted by Crippen LogP contribution is -2.25. The summed E-state index contributed by atoms with van der Waals surface area (Å²) >= 11 is 1.47. The van der Waals surface area contributed by atoms with E-state index in [1.165, 1.54) is 11.8 Å². The molecular formula is C6H12N2OS. The van der Waals surface area contributed by atoms with Crippen molar-refractivity contribution in [1.82, 2.24) is 5.32 Å². The van der Waals surface area contributed by atoms with Gasteiger partial charge in [0.1, 0.15) is 5.70 Å². The fraction of sp³-hybridized carbons (Fsp3) is 0.500. The molecule has 0 radical (unpaired) electrons. The number of allylic oxidation sites excluding steroid dienone is 1. The first-order valence-electron chi connectivity index (χ1n) is 2.86. The lowest BCUT2D eigenvalue weighted by Gasteiger charge is -2.01. The molecule has 0 saturated carbocycles. The summed E-state index contributed by atoms with van der Waals surface area (Å²) in [7, 11) is 1.56. The van der Waals surface area contributed by atoms with Gasteiger partial charge < -0.3 is 11.1 Å². The molecule has 0 aliphatic heterocycles. The second-order valence-corrected chi connectivity index (χ2v) is 2.77. The molecule has 4 heteroatoms. The van der Waals surface area contributed by atoms with Crippen molar-refractivity contribution < 1.29 is 4.79 Å². The monoisotopic (exact) mass is 160 g/mol. The number of nitrogens with two attached hydrogens (primary N) is 1. The third kappa shape index (κ3) is 2.31. The third-order valence-corrected chi connectivity index (χ3v) is 1.99. The molecule has 0 aromatic rings. The van der Waals surface area contributed by atoms with Crippen LogP contribution >= 0.6 is 11.8 Å². The van der Waals surface area contributed by atoms with E-state index in [-0.39, 0.29) is 5.91 Å². The van der Waals surface area contributed by atoms with Crippen LogP contribution < -0.4 is 11.1 Å². The molecule has 0 aromatic heterocycles. The van der Waals surface area contributed by atoms with Crippen LogP contribution in [0.15, 0.2) is 10.6 Å². The highest BCUT2D eigenvalue weighted by molar-refractivity contribution is 8.02. The van der Waals surface area contributed by atoms with Crippen molar-refractivity contribution in [3.63, 3.8) is 0 Å². The zero-order chi connectivity index (χ0) is 8.15. The van der Waals surface area contributed by atoms with E-state index in [9.17, 15) is 4.79 Å². The van der Waals surface area contributed by atoms with E-state index in [1.54, 1.807) is 7.05 Å². The van der Waals surface area contributed by atoms with Crippen molar-refractivity contribution in [1.29, 1.82) is 0 Å². The van der Waals surface area contributed by atoms with Crippen LogP contribution in [-0.4, -0.2) is 19.2 Å². The summed E-state index contributed by atoms with van der Waals surface area (Å²) in [5, 5.41) is 2.44. The number of carbonyl (C=O) groups is 1. The van der Waals surface area contributed by atoms with Crippen molar-refractivity contribution in [3.8, 4) is 0 Å². The van der Waals surface area contributed by atoms with Gasteiger partial charge in [-0.2, -0.15) is 0 Å². The van der Waals surface area contributed by atoms with E-state index in [0.29, 0.717) is 5.70 Å². The largest absolute Gasteiger partial charge is 0.394 e. The molecule has 1 amide bonds. The standard InChI is InChI=1S/C6H12N2OS/c1-4(10-3)5(7)6(9)8-2/h7H2,1-3H3,(H,8,9). The lowest BCUT2D eigenvalue weighted by molar-refractivity contribution is -0.117. The predicted octanol–water partition coefficient (Wildman–Crippen LogP) is 0.286.